The third-order valence-electron chi connectivity index (χ3n) is 4.55. The summed E-state index contributed by atoms with van der Waals surface area (Å²) in [5.74, 6) is 0.332. The molecule has 1 aromatic rings. The van der Waals surface area contributed by atoms with Crippen molar-refractivity contribution in [1.82, 2.24) is 0 Å². The van der Waals surface area contributed by atoms with Gasteiger partial charge in [-0.05, 0) is 57.1 Å². The van der Waals surface area contributed by atoms with Crippen molar-refractivity contribution in [3.05, 3.63) is 23.8 Å². The number of benzene rings is 1. The Hall–Kier alpha value is -0.885. The van der Waals surface area contributed by atoms with Crippen molar-refractivity contribution in [3.63, 3.8) is 0 Å². The minimum absolute atomic E-state index is 0.151. The molecular weight excluding hydrogens is 313 g/mol. The summed E-state index contributed by atoms with van der Waals surface area (Å²) in [4.78, 5) is 0.151. The van der Waals surface area contributed by atoms with Gasteiger partial charge >= 0.3 is 7.12 Å². The van der Waals surface area contributed by atoms with E-state index in [4.69, 9.17) is 14.4 Å². The van der Waals surface area contributed by atoms with Crippen LogP contribution in [0.5, 0.6) is 0 Å². The predicted octanol–water partition coefficient (Wildman–Crippen LogP) is 1.83. The first-order chi connectivity index (χ1) is 10.3. The SMILES string of the molecule is CC(C)Cc1ccc(B2OC(C)(C)C(C)(C)O2)cc1S(N)(=O)=O. The summed E-state index contributed by atoms with van der Waals surface area (Å²) in [5, 5.41) is 5.40. The first-order valence-corrected chi connectivity index (χ1v) is 9.39. The second-order valence-electron chi connectivity index (χ2n) is 7.60. The lowest BCUT2D eigenvalue weighted by Gasteiger charge is -2.32. The van der Waals surface area contributed by atoms with Crippen LogP contribution in [0.25, 0.3) is 0 Å². The third kappa shape index (κ3) is 3.79. The van der Waals surface area contributed by atoms with Gasteiger partial charge < -0.3 is 9.31 Å². The van der Waals surface area contributed by atoms with Crippen molar-refractivity contribution in [3.8, 4) is 0 Å². The summed E-state index contributed by atoms with van der Waals surface area (Å²) in [6, 6.07) is 5.24. The molecule has 0 aromatic heterocycles. The van der Waals surface area contributed by atoms with E-state index in [0.717, 1.165) is 5.56 Å². The normalized spacial score (nSPS) is 20.3. The molecule has 23 heavy (non-hydrogen) atoms. The molecule has 1 heterocycles. The Bertz CT molecular complexity index is 682. The van der Waals surface area contributed by atoms with Crippen LogP contribution in [-0.2, 0) is 25.8 Å². The number of primary sulfonamides is 1. The lowest BCUT2D eigenvalue weighted by molar-refractivity contribution is 0.00578. The van der Waals surface area contributed by atoms with Gasteiger partial charge in [-0.25, -0.2) is 13.6 Å². The molecule has 1 aliphatic heterocycles. The second-order valence-corrected chi connectivity index (χ2v) is 9.13. The molecular formula is C16H26BNO4S. The van der Waals surface area contributed by atoms with Crippen LogP contribution >= 0.6 is 0 Å². The van der Waals surface area contributed by atoms with E-state index in [2.05, 4.69) is 0 Å². The van der Waals surface area contributed by atoms with E-state index in [-0.39, 0.29) is 4.90 Å². The van der Waals surface area contributed by atoms with Crippen LogP contribution in [0.4, 0.5) is 0 Å². The lowest BCUT2D eigenvalue weighted by Crippen LogP contribution is -2.41. The quantitative estimate of drug-likeness (QED) is 0.849. The van der Waals surface area contributed by atoms with Gasteiger partial charge in [0.1, 0.15) is 0 Å². The molecule has 2 rings (SSSR count). The highest BCUT2D eigenvalue weighted by molar-refractivity contribution is 7.89. The van der Waals surface area contributed by atoms with Crippen LogP contribution in [0.2, 0.25) is 0 Å². The molecule has 0 saturated carbocycles. The molecule has 128 valence electrons. The Morgan fingerprint density at radius 1 is 1.13 bits per heavy atom. The van der Waals surface area contributed by atoms with Crippen LogP contribution in [0.15, 0.2) is 23.1 Å². The van der Waals surface area contributed by atoms with E-state index in [1.165, 1.54) is 0 Å². The van der Waals surface area contributed by atoms with Crippen LogP contribution < -0.4 is 10.6 Å². The van der Waals surface area contributed by atoms with Crippen molar-refractivity contribution in [2.24, 2.45) is 11.1 Å². The maximum atomic E-state index is 12.0. The van der Waals surface area contributed by atoms with Crippen LogP contribution in [0.1, 0.15) is 47.1 Å². The Morgan fingerprint density at radius 3 is 2.09 bits per heavy atom. The minimum Gasteiger partial charge on any atom is -0.399 e. The van der Waals surface area contributed by atoms with Gasteiger partial charge in [0.25, 0.3) is 0 Å². The molecule has 1 saturated heterocycles. The van der Waals surface area contributed by atoms with Gasteiger partial charge in [-0.1, -0.05) is 26.0 Å². The predicted molar refractivity (Wildman–Crippen MR) is 92.1 cm³/mol. The maximum absolute atomic E-state index is 12.0. The van der Waals surface area contributed by atoms with E-state index in [0.29, 0.717) is 17.8 Å². The molecule has 0 atom stereocenters. The van der Waals surface area contributed by atoms with Crippen molar-refractivity contribution in [1.29, 1.82) is 0 Å². The van der Waals surface area contributed by atoms with Gasteiger partial charge in [-0.2, -0.15) is 0 Å². The molecule has 0 amide bonds. The van der Waals surface area contributed by atoms with Crippen molar-refractivity contribution in [2.45, 2.75) is 64.1 Å². The standard InChI is InChI=1S/C16H26BNO4S/c1-11(2)9-12-7-8-13(10-14(12)23(18,19)20)17-21-15(3,4)16(5,6)22-17/h7-8,10-11H,9H2,1-6H3,(H2,18,19,20). The highest BCUT2D eigenvalue weighted by atomic mass is 32.2. The van der Waals surface area contributed by atoms with Gasteiger partial charge in [-0.15, -0.1) is 0 Å². The molecule has 5 nitrogen and oxygen atoms in total. The largest absolute Gasteiger partial charge is 0.494 e. The number of hydrogen-bond donors (Lipinski definition) is 1. The summed E-state index contributed by atoms with van der Waals surface area (Å²) in [7, 11) is -4.40. The second kappa shape index (κ2) is 5.88. The fraction of sp³-hybridized carbons (Fsp3) is 0.625. The van der Waals surface area contributed by atoms with E-state index < -0.39 is 28.3 Å². The Morgan fingerprint density at radius 2 is 1.65 bits per heavy atom. The van der Waals surface area contributed by atoms with Gasteiger partial charge in [0.05, 0.1) is 16.1 Å². The number of nitrogens with two attached hydrogens (primary N) is 1. The molecule has 0 unspecified atom stereocenters. The van der Waals surface area contributed by atoms with Gasteiger partial charge in [0.15, 0.2) is 0 Å². The van der Waals surface area contributed by atoms with Crippen molar-refractivity contribution >= 4 is 22.6 Å². The molecule has 1 fully saturated rings. The average Bonchev–Trinajstić information content (AvgIpc) is 2.56. The molecule has 0 radical (unpaired) electrons. The van der Waals surface area contributed by atoms with E-state index in [9.17, 15) is 8.42 Å². The molecule has 0 aliphatic carbocycles. The summed E-state index contributed by atoms with van der Waals surface area (Å²) in [6.45, 7) is 11.9. The van der Waals surface area contributed by atoms with Gasteiger partial charge in [0.2, 0.25) is 10.0 Å². The Kier molecular flexibility index (Phi) is 4.72. The maximum Gasteiger partial charge on any atom is 0.494 e. The van der Waals surface area contributed by atoms with Crippen molar-refractivity contribution < 1.29 is 17.7 Å². The number of rotatable bonds is 4. The zero-order valence-electron chi connectivity index (χ0n) is 14.7. The molecule has 0 bridgehead atoms. The summed E-state index contributed by atoms with van der Waals surface area (Å²) in [6.07, 6.45) is 0.648. The van der Waals surface area contributed by atoms with Gasteiger partial charge in [-0.3, -0.25) is 0 Å². The fourth-order valence-electron chi connectivity index (χ4n) is 2.57. The van der Waals surface area contributed by atoms with Crippen LogP contribution in [0, 0.1) is 5.92 Å². The summed E-state index contributed by atoms with van der Waals surface area (Å²) in [5.41, 5.74) is 0.439. The van der Waals surface area contributed by atoms with E-state index in [1.807, 2.05) is 47.6 Å². The smallest absolute Gasteiger partial charge is 0.399 e. The molecule has 7 heteroatoms. The van der Waals surface area contributed by atoms with Gasteiger partial charge in [0, 0.05) is 0 Å². The van der Waals surface area contributed by atoms with E-state index >= 15 is 0 Å². The zero-order chi connectivity index (χ0) is 17.6. The lowest BCUT2D eigenvalue weighted by atomic mass is 9.78. The molecule has 1 aromatic carbocycles. The monoisotopic (exact) mass is 339 g/mol. The first-order valence-electron chi connectivity index (χ1n) is 7.85. The minimum atomic E-state index is -3.80. The molecule has 2 N–H and O–H groups in total. The average molecular weight is 339 g/mol. The zero-order valence-corrected chi connectivity index (χ0v) is 15.5. The fourth-order valence-corrected chi connectivity index (χ4v) is 3.39. The summed E-state index contributed by atoms with van der Waals surface area (Å²) < 4.78 is 35.9. The number of hydrogen-bond acceptors (Lipinski definition) is 4. The Balaban J connectivity index is 2.43. The molecule has 0 spiro atoms. The first kappa shape index (κ1) is 18.5. The molecule has 1 aliphatic rings. The van der Waals surface area contributed by atoms with Crippen molar-refractivity contribution in [2.75, 3.05) is 0 Å². The number of sulfonamides is 1. The topological polar surface area (TPSA) is 78.6 Å². The van der Waals surface area contributed by atoms with Crippen LogP contribution in [0.3, 0.4) is 0 Å². The van der Waals surface area contributed by atoms with Crippen LogP contribution in [-0.4, -0.2) is 26.7 Å². The summed E-state index contributed by atoms with van der Waals surface area (Å²) >= 11 is 0. The highest BCUT2D eigenvalue weighted by Crippen LogP contribution is 2.36. The van der Waals surface area contributed by atoms with E-state index in [1.54, 1.807) is 12.1 Å². The highest BCUT2D eigenvalue weighted by Gasteiger charge is 2.51. The third-order valence-corrected chi connectivity index (χ3v) is 5.54. The Labute approximate surface area is 139 Å².